The second-order valence-electron chi connectivity index (χ2n) is 4.99. The minimum absolute atomic E-state index is 0.421. The molecule has 2 N–H and O–H groups in total. The third kappa shape index (κ3) is 3.00. The highest BCUT2D eigenvalue weighted by atomic mass is 32.2. The van der Waals surface area contributed by atoms with Gasteiger partial charge < -0.3 is 5.32 Å². The van der Waals surface area contributed by atoms with Crippen molar-refractivity contribution in [2.75, 3.05) is 26.2 Å². The Balaban J connectivity index is 1.61. The zero-order valence-electron chi connectivity index (χ0n) is 10.8. The fraction of sp³-hybridized carbons (Fsp3) is 0.667. The van der Waals surface area contributed by atoms with Crippen LogP contribution in [0.1, 0.15) is 21.7 Å². The minimum atomic E-state index is -3.32. The predicted molar refractivity (Wildman–Crippen MR) is 76.5 cm³/mol. The first-order valence-corrected chi connectivity index (χ1v) is 8.97. The Morgan fingerprint density at radius 3 is 2.84 bits per heavy atom. The molecule has 0 bridgehead atoms. The van der Waals surface area contributed by atoms with Crippen molar-refractivity contribution in [2.24, 2.45) is 0 Å². The summed E-state index contributed by atoms with van der Waals surface area (Å²) < 4.78 is 28.5. The molecule has 2 heterocycles. The van der Waals surface area contributed by atoms with E-state index in [0.29, 0.717) is 19.6 Å². The number of nitrogens with one attached hydrogen (secondary N) is 2. The summed E-state index contributed by atoms with van der Waals surface area (Å²) in [7, 11) is -3.32. The molecule has 1 aliphatic heterocycles. The molecule has 3 rings (SSSR count). The van der Waals surface area contributed by atoms with E-state index in [9.17, 15) is 8.42 Å². The van der Waals surface area contributed by atoms with Crippen LogP contribution in [0.5, 0.6) is 0 Å². The number of thiophene rings is 1. The van der Waals surface area contributed by atoms with E-state index in [4.69, 9.17) is 0 Å². The molecule has 0 unspecified atom stereocenters. The van der Waals surface area contributed by atoms with Crippen molar-refractivity contribution in [1.29, 1.82) is 0 Å². The number of rotatable bonds is 4. The third-order valence-corrected chi connectivity index (χ3v) is 6.43. The topological polar surface area (TPSA) is 61.4 Å². The van der Waals surface area contributed by atoms with Crippen molar-refractivity contribution in [2.45, 2.75) is 25.8 Å². The van der Waals surface area contributed by atoms with Crippen molar-refractivity contribution < 1.29 is 8.42 Å². The summed E-state index contributed by atoms with van der Waals surface area (Å²) in [5.41, 5.74) is 1.42. The Morgan fingerprint density at radius 1 is 1.32 bits per heavy atom. The highest BCUT2D eigenvalue weighted by Crippen LogP contribution is 2.30. The van der Waals surface area contributed by atoms with Gasteiger partial charge in [0, 0.05) is 42.5 Å². The maximum Gasteiger partial charge on any atom is 0.279 e. The molecule has 0 saturated carbocycles. The van der Waals surface area contributed by atoms with Gasteiger partial charge in [-0.1, -0.05) is 0 Å². The molecular weight excluding hydrogens is 282 g/mol. The molecule has 1 aliphatic carbocycles. The van der Waals surface area contributed by atoms with Crippen molar-refractivity contribution in [3.8, 4) is 0 Å². The molecule has 1 saturated heterocycles. The van der Waals surface area contributed by atoms with Crippen LogP contribution in [-0.2, 0) is 29.6 Å². The number of nitrogens with zero attached hydrogens (tertiary/aromatic N) is 1. The normalized spacial score (nSPS) is 20.6. The van der Waals surface area contributed by atoms with Crippen molar-refractivity contribution in [1.82, 2.24) is 14.3 Å². The molecule has 0 spiro atoms. The summed E-state index contributed by atoms with van der Waals surface area (Å²) in [6.07, 6.45) is 3.55. The highest BCUT2D eigenvalue weighted by molar-refractivity contribution is 7.87. The predicted octanol–water partition coefficient (Wildman–Crippen LogP) is 0.476. The van der Waals surface area contributed by atoms with E-state index < -0.39 is 10.2 Å². The Hall–Kier alpha value is -0.470. The lowest BCUT2D eigenvalue weighted by atomic mass is 10.2. The van der Waals surface area contributed by atoms with Gasteiger partial charge in [-0.2, -0.15) is 17.4 Å². The van der Waals surface area contributed by atoms with Crippen LogP contribution in [-0.4, -0.2) is 38.9 Å². The smallest absolute Gasteiger partial charge is 0.279 e. The summed E-state index contributed by atoms with van der Waals surface area (Å²) >= 11 is 1.75. The van der Waals surface area contributed by atoms with Crippen LogP contribution in [0, 0.1) is 0 Å². The summed E-state index contributed by atoms with van der Waals surface area (Å²) in [6, 6.07) is 2.16. The number of piperazine rings is 1. The second kappa shape index (κ2) is 5.49. The SMILES string of the molecule is O=S(=O)(NCc1cc2c(s1)CCC2)N1CCNCC1. The van der Waals surface area contributed by atoms with Crippen LogP contribution in [0.2, 0.25) is 0 Å². The molecule has 0 radical (unpaired) electrons. The van der Waals surface area contributed by atoms with Gasteiger partial charge in [-0.15, -0.1) is 11.3 Å². The summed E-state index contributed by atoms with van der Waals surface area (Å²) in [4.78, 5) is 2.57. The van der Waals surface area contributed by atoms with Gasteiger partial charge >= 0.3 is 0 Å². The molecule has 7 heteroatoms. The van der Waals surface area contributed by atoms with Crippen molar-refractivity contribution >= 4 is 21.5 Å². The van der Waals surface area contributed by atoms with E-state index in [1.54, 1.807) is 11.3 Å². The standard InChI is InChI=1S/C12H19N3O2S2/c16-19(17,15-6-4-13-5-7-15)14-9-11-8-10-2-1-3-12(10)18-11/h8,13-14H,1-7,9H2. The van der Waals surface area contributed by atoms with Gasteiger partial charge in [0.2, 0.25) is 0 Å². The fourth-order valence-corrected chi connectivity index (χ4v) is 5.09. The number of fused-ring (bicyclic) bond motifs is 1. The van der Waals surface area contributed by atoms with Crippen LogP contribution in [0.25, 0.3) is 0 Å². The molecule has 0 atom stereocenters. The average molecular weight is 301 g/mol. The Kier molecular flexibility index (Phi) is 3.91. The van der Waals surface area contributed by atoms with Gasteiger partial charge in [-0.05, 0) is 30.9 Å². The van der Waals surface area contributed by atoms with Crippen LogP contribution in [0.15, 0.2) is 6.07 Å². The third-order valence-electron chi connectivity index (χ3n) is 3.64. The first-order valence-electron chi connectivity index (χ1n) is 6.71. The molecule has 5 nitrogen and oxygen atoms in total. The quantitative estimate of drug-likeness (QED) is 0.850. The Morgan fingerprint density at radius 2 is 2.11 bits per heavy atom. The number of aryl methyl sites for hydroxylation is 2. The average Bonchev–Trinajstić information content (AvgIpc) is 2.98. The van der Waals surface area contributed by atoms with Crippen LogP contribution < -0.4 is 10.0 Å². The first-order chi connectivity index (χ1) is 9.15. The maximum atomic E-state index is 12.1. The van der Waals surface area contributed by atoms with Gasteiger partial charge in [-0.25, -0.2) is 0 Å². The van der Waals surface area contributed by atoms with Crippen molar-refractivity contribution in [3.05, 3.63) is 21.4 Å². The molecule has 0 amide bonds. The molecule has 106 valence electrons. The van der Waals surface area contributed by atoms with Crippen molar-refractivity contribution in [3.63, 3.8) is 0 Å². The van der Waals surface area contributed by atoms with E-state index in [1.165, 1.54) is 21.2 Å². The van der Waals surface area contributed by atoms with Crippen LogP contribution in [0.4, 0.5) is 0 Å². The largest absolute Gasteiger partial charge is 0.314 e. The van der Waals surface area contributed by atoms with E-state index in [0.717, 1.165) is 30.8 Å². The van der Waals surface area contributed by atoms with E-state index in [2.05, 4.69) is 16.1 Å². The summed E-state index contributed by atoms with van der Waals surface area (Å²) in [6.45, 7) is 2.99. The first kappa shape index (κ1) is 13.5. The maximum absolute atomic E-state index is 12.1. The lowest BCUT2D eigenvalue weighted by Crippen LogP contribution is -2.50. The zero-order chi connectivity index (χ0) is 13.3. The van der Waals surface area contributed by atoms with E-state index in [1.807, 2.05) is 0 Å². The second-order valence-corrected chi connectivity index (χ2v) is 7.97. The Bertz CT molecular complexity index is 526. The van der Waals surface area contributed by atoms with Crippen LogP contribution in [0.3, 0.4) is 0 Å². The molecule has 19 heavy (non-hydrogen) atoms. The molecule has 1 fully saturated rings. The summed E-state index contributed by atoms with van der Waals surface area (Å²) in [5, 5.41) is 3.15. The number of hydrogen-bond donors (Lipinski definition) is 2. The van der Waals surface area contributed by atoms with Gasteiger partial charge in [0.15, 0.2) is 0 Å². The van der Waals surface area contributed by atoms with Gasteiger partial charge in [0.05, 0.1) is 0 Å². The number of hydrogen-bond acceptors (Lipinski definition) is 4. The fourth-order valence-electron chi connectivity index (χ4n) is 2.62. The molecular formula is C12H19N3O2S2. The Labute approximate surface area is 118 Å². The highest BCUT2D eigenvalue weighted by Gasteiger charge is 2.23. The van der Waals surface area contributed by atoms with Crippen LogP contribution >= 0.6 is 11.3 Å². The van der Waals surface area contributed by atoms with E-state index >= 15 is 0 Å². The molecule has 1 aromatic rings. The van der Waals surface area contributed by atoms with E-state index in [-0.39, 0.29) is 0 Å². The minimum Gasteiger partial charge on any atom is -0.314 e. The van der Waals surface area contributed by atoms with Gasteiger partial charge in [-0.3, -0.25) is 0 Å². The monoisotopic (exact) mass is 301 g/mol. The lowest BCUT2D eigenvalue weighted by Gasteiger charge is -2.26. The van der Waals surface area contributed by atoms with Gasteiger partial charge in [0.1, 0.15) is 0 Å². The summed E-state index contributed by atoms with van der Waals surface area (Å²) in [5.74, 6) is 0. The molecule has 0 aromatic carbocycles. The lowest BCUT2D eigenvalue weighted by molar-refractivity contribution is 0.355. The molecule has 1 aromatic heterocycles. The molecule has 2 aliphatic rings. The van der Waals surface area contributed by atoms with Gasteiger partial charge in [0.25, 0.3) is 10.2 Å². The zero-order valence-corrected chi connectivity index (χ0v) is 12.4.